The molecule has 1 aromatic rings. The first kappa shape index (κ1) is 14.5. The second kappa shape index (κ2) is 5.73. The fourth-order valence-electron chi connectivity index (χ4n) is 2.23. The number of aryl methyl sites for hydroxylation is 1. The SMILES string of the molecule is Cc1cc(S(=O)(=O)NC2CCOC2)sc1CNC1CC1. The van der Waals surface area contributed by atoms with Crippen molar-refractivity contribution in [3.63, 3.8) is 0 Å². The van der Waals surface area contributed by atoms with Gasteiger partial charge in [-0.15, -0.1) is 11.3 Å². The van der Waals surface area contributed by atoms with Gasteiger partial charge in [0.15, 0.2) is 0 Å². The van der Waals surface area contributed by atoms with Crippen LogP contribution in [0.25, 0.3) is 0 Å². The van der Waals surface area contributed by atoms with Gasteiger partial charge in [-0.25, -0.2) is 13.1 Å². The number of ether oxygens (including phenoxy) is 1. The van der Waals surface area contributed by atoms with Crippen LogP contribution in [0.4, 0.5) is 0 Å². The van der Waals surface area contributed by atoms with Crippen LogP contribution in [0.1, 0.15) is 29.7 Å². The van der Waals surface area contributed by atoms with Crippen LogP contribution in [-0.4, -0.2) is 33.7 Å². The Bertz CT molecular complexity index is 572. The van der Waals surface area contributed by atoms with Crippen LogP contribution in [0.5, 0.6) is 0 Å². The quantitative estimate of drug-likeness (QED) is 0.832. The van der Waals surface area contributed by atoms with Gasteiger partial charge in [-0.2, -0.15) is 0 Å². The lowest BCUT2D eigenvalue weighted by Crippen LogP contribution is -2.34. The van der Waals surface area contributed by atoms with E-state index >= 15 is 0 Å². The summed E-state index contributed by atoms with van der Waals surface area (Å²) >= 11 is 1.37. The fourth-order valence-corrected chi connectivity index (χ4v) is 5.04. The van der Waals surface area contributed by atoms with E-state index in [1.54, 1.807) is 6.07 Å². The Hall–Kier alpha value is -0.470. The van der Waals surface area contributed by atoms with E-state index < -0.39 is 10.0 Å². The molecular formula is C13H20N2O3S2. The minimum atomic E-state index is -3.41. The van der Waals surface area contributed by atoms with Crippen molar-refractivity contribution in [1.82, 2.24) is 10.0 Å². The molecule has 1 aliphatic carbocycles. The molecule has 0 radical (unpaired) electrons. The lowest BCUT2D eigenvalue weighted by Gasteiger charge is -2.09. The van der Waals surface area contributed by atoms with E-state index in [1.807, 2.05) is 6.92 Å². The van der Waals surface area contributed by atoms with Gasteiger partial charge in [0.1, 0.15) is 4.21 Å². The average Bonchev–Trinajstić information content (AvgIpc) is 2.94. The van der Waals surface area contributed by atoms with Crippen LogP contribution in [0.3, 0.4) is 0 Å². The fraction of sp³-hybridized carbons (Fsp3) is 0.692. The summed E-state index contributed by atoms with van der Waals surface area (Å²) in [5.41, 5.74) is 1.05. The molecule has 0 aromatic carbocycles. The van der Waals surface area contributed by atoms with Crippen LogP contribution in [0.15, 0.2) is 10.3 Å². The van der Waals surface area contributed by atoms with Crippen molar-refractivity contribution in [2.45, 2.75) is 49.0 Å². The summed E-state index contributed by atoms with van der Waals surface area (Å²) in [5.74, 6) is 0. The highest BCUT2D eigenvalue weighted by molar-refractivity contribution is 7.91. The highest BCUT2D eigenvalue weighted by Gasteiger charge is 2.26. The van der Waals surface area contributed by atoms with Gasteiger partial charge in [-0.05, 0) is 37.8 Å². The van der Waals surface area contributed by atoms with Crippen molar-refractivity contribution < 1.29 is 13.2 Å². The van der Waals surface area contributed by atoms with Gasteiger partial charge in [-0.1, -0.05) is 0 Å². The molecule has 2 N–H and O–H groups in total. The number of sulfonamides is 1. The predicted octanol–water partition coefficient (Wildman–Crippen LogP) is 1.38. The maximum Gasteiger partial charge on any atom is 0.250 e. The zero-order valence-electron chi connectivity index (χ0n) is 11.5. The molecule has 1 aromatic heterocycles. The van der Waals surface area contributed by atoms with Crippen molar-refractivity contribution in [2.24, 2.45) is 0 Å². The van der Waals surface area contributed by atoms with Crippen LogP contribution in [0, 0.1) is 6.92 Å². The number of nitrogens with one attached hydrogen (secondary N) is 2. The summed E-state index contributed by atoms with van der Waals surface area (Å²) < 4.78 is 33.0. The van der Waals surface area contributed by atoms with Crippen LogP contribution in [-0.2, 0) is 21.3 Å². The molecule has 1 atom stereocenters. The summed E-state index contributed by atoms with van der Waals surface area (Å²) in [4.78, 5) is 1.11. The largest absolute Gasteiger partial charge is 0.380 e. The number of thiophene rings is 1. The van der Waals surface area contributed by atoms with E-state index in [4.69, 9.17) is 4.74 Å². The molecule has 1 saturated heterocycles. The molecule has 0 spiro atoms. The van der Waals surface area contributed by atoms with E-state index in [0.29, 0.717) is 23.5 Å². The third kappa shape index (κ3) is 3.40. The van der Waals surface area contributed by atoms with E-state index in [1.165, 1.54) is 24.2 Å². The molecule has 20 heavy (non-hydrogen) atoms. The predicted molar refractivity (Wildman–Crippen MR) is 78.5 cm³/mol. The first-order valence-electron chi connectivity index (χ1n) is 6.97. The summed E-state index contributed by atoms with van der Waals surface area (Å²) in [7, 11) is -3.41. The minimum Gasteiger partial charge on any atom is -0.380 e. The first-order valence-corrected chi connectivity index (χ1v) is 9.27. The van der Waals surface area contributed by atoms with Gasteiger partial charge in [0.05, 0.1) is 6.61 Å². The molecule has 5 nitrogen and oxygen atoms in total. The standard InChI is InChI=1S/C13H20N2O3S2/c1-9-6-13(19-12(9)7-14-10-2-3-10)20(16,17)15-11-4-5-18-8-11/h6,10-11,14-15H,2-5,7-8H2,1H3. The molecule has 0 bridgehead atoms. The lowest BCUT2D eigenvalue weighted by molar-refractivity contribution is 0.192. The zero-order valence-corrected chi connectivity index (χ0v) is 13.1. The number of rotatable bonds is 6. The number of hydrogen-bond acceptors (Lipinski definition) is 5. The van der Waals surface area contributed by atoms with Crippen LogP contribution >= 0.6 is 11.3 Å². The second-order valence-electron chi connectivity index (χ2n) is 5.51. The van der Waals surface area contributed by atoms with Crippen molar-refractivity contribution in [2.75, 3.05) is 13.2 Å². The molecule has 2 aliphatic rings. The zero-order chi connectivity index (χ0) is 14.2. The Morgan fingerprint density at radius 3 is 2.80 bits per heavy atom. The molecule has 1 unspecified atom stereocenters. The van der Waals surface area contributed by atoms with Crippen molar-refractivity contribution in [1.29, 1.82) is 0 Å². The highest BCUT2D eigenvalue weighted by atomic mass is 32.2. The molecule has 2 heterocycles. The van der Waals surface area contributed by atoms with Gasteiger partial charge >= 0.3 is 0 Å². The Balaban J connectivity index is 1.69. The third-order valence-corrected chi connectivity index (χ3v) is 6.87. The van der Waals surface area contributed by atoms with Gasteiger partial charge in [0.25, 0.3) is 0 Å². The van der Waals surface area contributed by atoms with Gasteiger partial charge in [0, 0.05) is 30.1 Å². The van der Waals surface area contributed by atoms with Crippen molar-refractivity contribution >= 4 is 21.4 Å². The first-order chi connectivity index (χ1) is 9.54. The Morgan fingerprint density at radius 1 is 1.35 bits per heavy atom. The molecule has 112 valence electrons. The minimum absolute atomic E-state index is 0.0876. The van der Waals surface area contributed by atoms with Crippen LogP contribution in [0.2, 0.25) is 0 Å². The summed E-state index contributed by atoms with van der Waals surface area (Å²) in [5, 5.41) is 3.43. The maximum atomic E-state index is 12.3. The molecule has 2 fully saturated rings. The molecule has 0 amide bonds. The monoisotopic (exact) mass is 316 g/mol. The Kier molecular flexibility index (Phi) is 4.14. The van der Waals surface area contributed by atoms with Crippen molar-refractivity contribution in [3.8, 4) is 0 Å². The Morgan fingerprint density at radius 2 is 2.15 bits per heavy atom. The van der Waals surface area contributed by atoms with E-state index in [-0.39, 0.29) is 6.04 Å². The van der Waals surface area contributed by atoms with E-state index in [2.05, 4.69) is 10.0 Å². The topological polar surface area (TPSA) is 67.4 Å². The Labute approximate surface area is 123 Å². The molecule has 1 saturated carbocycles. The lowest BCUT2D eigenvalue weighted by atomic mass is 10.3. The van der Waals surface area contributed by atoms with Crippen molar-refractivity contribution in [3.05, 3.63) is 16.5 Å². The highest BCUT2D eigenvalue weighted by Crippen LogP contribution is 2.28. The normalized spacial score (nSPS) is 23.4. The molecule has 7 heteroatoms. The molecular weight excluding hydrogens is 296 g/mol. The summed E-state index contributed by atoms with van der Waals surface area (Å²) in [6.45, 7) is 3.84. The molecule has 3 rings (SSSR count). The smallest absolute Gasteiger partial charge is 0.250 e. The average molecular weight is 316 g/mol. The van der Waals surface area contributed by atoms with Gasteiger partial charge < -0.3 is 10.1 Å². The molecule has 1 aliphatic heterocycles. The van der Waals surface area contributed by atoms with Crippen LogP contribution < -0.4 is 10.0 Å². The summed E-state index contributed by atoms with van der Waals surface area (Å²) in [6, 6.07) is 2.31. The summed E-state index contributed by atoms with van der Waals surface area (Å²) in [6.07, 6.45) is 3.22. The third-order valence-electron chi connectivity index (χ3n) is 3.64. The van der Waals surface area contributed by atoms with E-state index in [9.17, 15) is 8.42 Å². The maximum absolute atomic E-state index is 12.3. The van der Waals surface area contributed by atoms with E-state index in [0.717, 1.165) is 23.4 Å². The van der Waals surface area contributed by atoms with Gasteiger partial charge in [-0.3, -0.25) is 0 Å². The van der Waals surface area contributed by atoms with Gasteiger partial charge in [0.2, 0.25) is 10.0 Å². The second-order valence-corrected chi connectivity index (χ2v) is 8.59. The number of hydrogen-bond donors (Lipinski definition) is 2.